The summed E-state index contributed by atoms with van der Waals surface area (Å²) >= 11 is 0. The molecule has 0 saturated heterocycles. The Bertz CT molecular complexity index is 629. The second-order valence-electron chi connectivity index (χ2n) is 14.4. The first-order chi connectivity index (χ1) is 23.5. The number of hydrogen-bond donors (Lipinski definition) is 2. The van der Waals surface area contributed by atoms with Crippen molar-refractivity contribution in [2.45, 2.75) is 245 Å². The largest absolute Gasteiger partial charge is 0.370 e. The van der Waals surface area contributed by atoms with Crippen molar-refractivity contribution >= 4 is 11.8 Å². The average Bonchev–Trinajstić information content (AvgIpc) is 3.07. The van der Waals surface area contributed by atoms with Gasteiger partial charge in [0.05, 0.1) is 0 Å². The topological polar surface area (TPSA) is 86.2 Å². The van der Waals surface area contributed by atoms with Gasteiger partial charge in [-0.05, 0) is 64.2 Å². The lowest BCUT2D eigenvalue weighted by Gasteiger charge is -2.01. The Labute approximate surface area is 301 Å². The van der Waals surface area contributed by atoms with E-state index >= 15 is 0 Å². The number of carbonyl (C=O) groups excluding carboxylic acids is 2. The summed E-state index contributed by atoms with van der Waals surface area (Å²) in [6.45, 7) is 4.55. The van der Waals surface area contributed by atoms with Crippen molar-refractivity contribution in [3.05, 3.63) is 24.3 Å². The number of rotatable bonds is 38. The van der Waals surface area contributed by atoms with Crippen molar-refractivity contribution in [3.8, 4) is 0 Å². The van der Waals surface area contributed by atoms with Crippen LogP contribution in [0.1, 0.15) is 245 Å². The quantitative estimate of drug-likeness (QED) is 0.0504. The Morgan fingerprint density at radius 1 is 0.312 bits per heavy atom. The van der Waals surface area contributed by atoms with Crippen LogP contribution in [-0.2, 0) is 9.59 Å². The highest BCUT2D eigenvalue weighted by Gasteiger charge is 1.97. The zero-order valence-electron chi connectivity index (χ0n) is 32.7. The number of carbonyl (C=O) groups is 2. The zero-order chi connectivity index (χ0) is 35.4. The van der Waals surface area contributed by atoms with E-state index in [2.05, 4.69) is 38.2 Å². The molecule has 0 aromatic heterocycles. The molecule has 0 heterocycles. The maximum Gasteiger partial charge on any atom is 0.217 e. The molecule has 0 bridgehead atoms. The van der Waals surface area contributed by atoms with Gasteiger partial charge in [-0.25, -0.2) is 0 Å². The van der Waals surface area contributed by atoms with Crippen molar-refractivity contribution in [1.29, 1.82) is 0 Å². The summed E-state index contributed by atoms with van der Waals surface area (Å²) < 4.78 is 0. The van der Waals surface area contributed by atoms with Gasteiger partial charge >= 0.3 is 0 Å². The van der Waals surface area contributed by atoms with Gasteiger partial charge in [-0.1, -0.05) is 192 Å². The smallest absolute Gasteiger partial charge is 0.217 e. The van der Waals surface area contributed by atoms with Crippen molar-refractivity contribution in [3.63, 3.8) is 0 Å². The average molecular weight is 675 g/mol. The predicted molar refractivity (Wildman–Crippen MR) is 214 cm³/mol. The molecule has 284 valence electrons. The highest BCUT2D eigenvalue weighted by Crippen LogP contribution is 2.14. The van der Waals surface area contributed by atoms with E-state index in [0.717, 1.165) is 25.7 Å². The van der Waals surface area contributed by atoms with E-state index in [1.807, 2.05) is 0 Å². The number of amides is 2. The number of primary amides is 2. The van der Waals surface area contributed by atoms with Crippen LogP contribution in [0.15, 0.2) is 24.3 Å². The van der Waals surface area contributed by atoms with Crippen molar-refractivity contribution < 1.29 is 9.59 Å². The predicted octanol–water partition coefficient (Wildman–Crippen LogP) is 14.1. The van der Waals surface area contributed by atoms with Gasteiger partial charge in [0.1, 0.15) is 0 Å². The Balaban J connectivity index is 0. The lowest BCUT2D eigenvalue weighted by molar-refractivity contribution is -0.119. The van der Waals surface area contributed by atoms with Crippen molar-refractivity contribution in [2.24, 2.45) is 11.5 Å². The summed E-state index contributed by atoms with van der Waals surface area (Å²) in [5, 5.41) is 0. The van der Waals surface area contributed by atoms with E-state index in [1.165, 1.54) is 193 Å². The zero-order valence-corrected chi connectivity index (χ0v) is 32.7. The second kappa shape index (κ2) is 45.4. The summed E-state index contributed by atoms with van der Waals surface area (Å²) in [6, 6.07) is 0. The Kier molecular flexibility index (Phi) is 45.9. The van der Waals surface area contributed by atoms with E-state index < -0.39 is 0 Å². The third kappa shape index (κ3) is 51.3. The van der Waals surface area contributed by atoms with Crippen LogP contribution in [0.2, 0.25) is 0 Å². The first-order valence-corrected chi connectivity index (χ1v) is 21.4. The van der Waals surface area contributed by atoms with Crippen LogP contribution in [0.25, 0.3) is 0 Å². The van der Waals surface area contributed by atoms with Gasteiger partial charge in [-0.15, -0.1) is 0 Å². The number of hydrogen-bond acceptors (Lipinski definition) is 2. The summed E-state index contributed by atoms with van der Waals surface area (Å²) in [6.07, 6.45) is 55.6. The van der Waals surface area contributed by atoms with Crippen LogP contribution in [0.4, 0.5) is 0 Å². The molecular weight excluding hydrogens is 588 g/mol. The van der Waals surface area contributed by atoms with Crippen LogP contribution < -0.4 is 11.5 Å². The molecule has 4 nitrogen and oxygen atoms in total. The molecule has 0 aromatic rings. The van der Waals surface area contributed by atoms with E-state index in [0.29, 0.717) is 12.8 Å². The lowest BCUT2D eigenvalue weighted by Crippen LogP contribution is -2.09. The first kappa shape index (κ1) is 48.5. The molecule has 0 atom stereocenters. The van der Waals surface area contributed by atoms with Crippen molar-refractivity contribution in [1.82, 2.24) is 0 Å². The fourth-order valence-electron chi connectivity index (χ4n) is 6.15. The van der Waals surface area contributed by atoms with E-state index in [4.69, 9.17) is 11.5 Å². The molecule has 0 aliphatic rings. The third-order valence-electron chi connectivity index (χ3n) is 9.37. The van der Waals surface area contributed by atoms with E-state index in [1.54, 1.807) is 0 Å². The maximum absolute atomic E-state index is 10.6. The lowest BCUT2D eigenvalue weighted by atomic mass is 10.1. The van der Waals surface area contributed by atoms with Gasteiger partial charge in [0.15, 0.2) is 0 Å². The highest BCUT2D eigenvalue weighted by atomic mass is 16.1. The Hall–Kier alpha value is -1.58. The van der Waals surface area contributed by atoms with Gasteiger partial charge in [0.25, 0.3) is 0 Å². The molecule has 0 fully saturated rings. The van der Waals surface area contributed by atoms with Gasteiger partial charge in [0.2, 0.25) is 11.8 Å². The van der Waals surface area contributed by atoms with Gasteiger partial charge in [0, 0.05) is 12.8 Å². The Morgan fingerprint density at radius 2 is 0.500 bits per heavy atom. The highest BCUT2D eigenvalue weighted by molar-refractivity contribution is 5.73. The summed E-state index contributed by atoms with van der Waals surface area (Å²) in [5.74, 6) is -0.313. The monoisotopic (exact) mass is 675 g/mol. The molecule has 4 heteroatoms. The SMILES string of the molecule is CCCCCCCC/C=C/CCCCCCCCCCCC(N)=O.CCCCCCCC/C=C/CCCCCCCCCCCC(N)=O. The van der Waals surface area contributed by atoms with E-state index in [-0.39, 0.29) is 11.8 Å². The molecule has 0 radical (unpaired) electrons. The van der Waals surface area contributed by atoms with Crippen molar-refractivity contribution in [2.75, 3.05) is 0 Å². The molecule has 0 unspecified atom stereocenters. The summed E-state index contributed by atoms with van der Waals surface area (Å²) in [7, 11) is 0. The molecule has 2 amide bonds. The number of nitrogens with two attached hydrogens (primary N) is 2. The summed E-state index contributed by atoms with van der Waals surface area (Å²) in [5.41, 5.74) is 10.3. The molecule has 0 saturated carbocycles. The minimum atomic E-state index is -0.156. The van der Waals surface area contributed by atoms with Gasteiger partial charge < -0.3 is 11.5 Å². The van der Waals surface area contributed by atoms with Crippen LogP contribution in [0, 0.1) is 0 Å². The van der Waals surface area contributed by atoms with E-state index in [9.17, 15) is 9.59 Å². The maximum atomic E-state index is 10.6. The third-order valence-corrected chi connectivity index (χ3v) is 9.37. The molecule has 0 aromatic carbocycles. The van der Waals surface area contributed by atoms with Crippen LogP contribution in [0.3, 0.4) is 0 Å². The fraction of sp³-hybridized carbons (Fsp3) is 0.864. The first-order valence-electron chi connectivity index (χ1n) is 21.4. The molecule has 48 heavy (non-hydrogen) atoms. The minimum Gasteiger partial charge on any atom is -0.370 e. The molecule has 4 N–H and O–H groups in total. The standard InChI is InChI=1S/2C22H43NO/c2*1-2-3-4-5-6-7-8-9-10-11-12-13-14-15-16-17-18-19-20-21-22(23)24/h2*9-10H,2-8,11-21H2,1H3,(H2,23,24)/b2*10-9+. The number of allylic oxidation sites excluding steroid dienone is 4. The van der Waals surface area contributed by atoms with Gasteiger partial charge in [-0.3, -0.25) is 9.59 Å². The normalized spacial score (nSPS) is 11.4. The molecule has 0 rings (SSSR count). The minimum absolute atomic E-state index is 0.156. The molecule has 0 aliphatic heterocycles. The van der Waals surface area contributed by atoms with Gasteiger partial charge in [-0.2, -0.15) is 0 Å². The molecule has 0 spiro atoms. The van der Waals surface area contributed by atoms with Crippen LogP contribution >= 0.6 is 0 Å². The molecular formula is C44H86N2O2. The summed E-state index contributed by atoms with van der Waals surface area (Å²) in [4.78, 5) is 21.2. The fourth-order valence-corrected chi connectivity index (χ4v) is 6.15. The van der Waals surface area contributed by atoms with Crippen LogP contribution in [-0.4, -0.2) is 11.8 Å². The Morgan fingerprint density at radius 3 is 0.708 bits per heavy atom. The second-order valence-corrected chi connectivity index (χ2v) is 14.4. The number of unbranched alkanes of at least 4 members (excludes halogenated alkanes) is 30. The molecule has 0 aliphatic carbocycles. The van der Waals surface area contributed by atoms with Crippen LogP contribution in [0.5, 0.6) is 0 Å².